The van der Waals surface area contributed by atoms with Crippen molar-refractivity contribution in [2.75, 3.05) is 6.61 Å². The van der Waals surface area contributed by atoms with Gasteiger partial charge in [0, 0.05) is 73.0 Å². The first-order valence-corrected chi connectivity index (χ1v) is 35.6. The van der Waals surface area contributed by atoms with E-state index in [0.717, 1.165) is 176 Å². The second kappa shape index (κ2) is 30.0. The summed E-state index contributed by atoms with van der Waals surface area (Å²) in [4.78, 5) is 36.5. The zero-order chi connectivity index (χ0) is 64.6. The molecule has 0 saturated heterocycles. The highest BCUT2D eigenvalue weighted by molar-refractivity contribution is 7.29. The van der Waals surface area contributed by atoms with Crippen molar-refractivity contribution in [1.29, 1.82) is 21.0 Å². The second-order valence-electron chi connectivity index (χ2n) is 24.6. The van der Waals surface area contributed by atoms with E-state index in [9.17, 15) is 48.2 Å². The summed E-state index contributed by atoms with van der Waals surface area (Å²) in [6.45, 7) is 18.4. The lowest BCUT2D eigenvalue weighted by Gasteiger charge is -2.37. The van der Waals surface area contributed by atoms with Crippen molar-refractivity contribution >= 4 is 80.2 Å². The second-order valence-corrected chi connectivity index (χ2v) is 28.8. The van der Waals surface area contributed by atoms with Gasteiger partial charge in [0.2, 0.25) is 0 Å². The Hall–Kier alpha value is -6.98. The van der Waals surface area contributed by atoms with Gasteiger partial charge in [-0.1, -0.05) is 152 Å². The molecule has 9 rings (SSSR count). The predicted octanol–water partition coefficient (Wildman–Crippen LogP) is 22.8. The van der Waals surface area contributed by atoms with Crippen LogP contribution < -0.4 is 4.74 Å². The molecule has 0 N–H and O–H groups in total. The Kier molecular flexibility index (Phi) is 22.5. The molecule has 0 radical (unpaired) electrons. The zero-order valence-electron chi connectivity index (χ0n) is 52.9. The number of rotatable bonds is 29. The van der Waals surface area contributed by atoms with Crippen LogP contribution in [-0.4, -0.2) is 18.2 Å². The number of ether oxygens (including phenoxy) is 1. The first kappa shape index (κ1) is 67.4. The molecule has 0 aliphatic heterocycles. The number of Topliss-reactive ketones (excluding diaryl/α,β-unsaturated/α-hetero) is 2. The highest BCUT2D eigenvalue weighted by atomic mass is 32.1. The largest absolute Gasteiger partial charge is 0.492 e. The van der Waals surface area contributed by atoms with Crippen molar-refractivity contribution in [1.82, 2.24) is 0 Å². The average molecular weight is 1290 g/mol. The van der Waals surface area contributed by atoms with Crippen LogP contribution in [0, 0.1) is 92.3 Å². The van der Waals surface area contributed by atoms with E-state index in [1.807, 2.05) is 30.3 Å². The van der Waals surface area contributed by atoms with Gasteiger partial charge in [0.25, 0.3) is 0 Å². The first-order valence-electron chi connectivity index (χ1n) is 32.3. The summed E-state index contributed by atoms with van der Waals surface area (Å²) in [6.07, 6.45) is 22.8. The maximum absolute atomic E-state index is 15.0. The number of nitrogens with zero attached hydrogens (tertiary/aromatic N) is 4. The van der Waals surface area contributed by atoms with Crippen LogP contribution in [0.25, 0.3) is 52.6 Å². The fourth-order valence-electron chi connectivity index (χ4n) is 13.6. The number of hydrogen-bond donors (Lipinski definition) is 0. The van der Waals surface area contributed by atoms with Gasteiger partial charge in [0.15, 0.2) is 34.8 Å². The first-order chi connectivity index (χ1) is 43.5. The van der Waals surface area contributed by atoms with Gasteiger partial charge in [-0.2, -0.15) is 21.0 Å². The van der Waals surface area contributed by atoms with Crippen LogP contribution >= 0.6 is 45.3 Å². The minimum atomic E-state index is -1.21. The molecule has 15 heteroatoms. The summed E-state index contributed by atoms with van der Waals surface area (Å²) < 4.78 is 66.5. The van der Waals surface area contributed by atoms with Crippen LogP contribution in [0.2, 0.25) is 0 Å². The van der Waals surface area contributed by atoms with E-state index in [0.29, 0.717) is 35.0 Å². The fourth-order valence-corrected chi connectivity index (χ4v) is 18.7. The van der Waals surface area contributed by atoms with Crippen LogP contribution in [0.4, 0.5) is 17.6 Å². The van der Waals surface area contributed by atoms with E-state index in [4.69, 9.17) is 4.74 Å². The van der Waals surface area contributed by atoms with Gasteiger partial charge in [0.1, 0.15) is 41.2 Å². The SMILES string of the molecule is CCCCC(CC)COc1cc(/C=C2\C(=O)c3cc(F)c(F)cc3C2=C(C#N)C#N)sc1-c1cc2c(s1)-c1sc(-c3sc(/C=C4\C(=O)c5cc(F)c(F)cc5C4=C(C#N)C#N)cc3CC(CC)CCCC)cc1C2(CC(CC)CCCC)CC(CC)CCCC. The molecule has 90 heavy (non-hydrogen) atoms. The lowest BCUT2D eigenvalue weighted by Crippen LogP contribution is -2.31. The summed E-state index contributed by atoms with van der Waals surface area (Å²) in [5.41, 5.74) is 2.43. The molecule has 6 aromatic rings. The average Bonchev–Trinajstić information content (AvgIpc) is 1.55. The number of carbonyl (C=O) groups is 2. The molecule has 468 valence electrons. The molecular formula is C75H78F4N4O3S4. The van der Waals surface area contributed by atoms with Gasteiger partial charge in [-0.25, -0.2) is 17.6 Å². The zero-order valence-corrected chi connectivity index (χ0v) is 56.1. The number of fused-ring (bicyclic) bond motifs is 5. The van der Waals surface area contributed by atoms with Crippen molar-refractivity contribution < 1.29 is 31.9 Å². The molecule has 4 unspecified atom stereocenters. The number of ketones is 2. The summed E-state index contributed by atoms with van der Waals surface area (Å²) in [7, 11) is 0. The van der Waals surface area contributed by atoms with Gasteiger partial charge < -0.3 is 4.74 Å². The van der Waals surface area contributed by atoms with E-state index in [1.54, 1.807) is 46.2 Å². The number of benzene rings is 2. The van der Waals surface area contributed by atoms with Crippen LogP contribution in [0.1, 0.15) is 229 Å². The Labute approximate surface area is 544 Å². The number of thiophene rings is 4. The molecule has 0 saturated carbocycles. The number of nitriles is 4. The quantitative estimate of drug-likeness (QED) is 0.0259. The van der Waals surface area contributed by atoms with Gasteiger partial charge in [-0.3, -0.25) is 9.59 Å². The van der Waals surface area contributed by atoms with Crippen molar-refractivity contribution in [3.63, 3.8) is 0 Å². The third-order valence-electron chi connectivity index (χ3n) is 18.8. The Balaban J connectivity index is 1.28. The number of allylic oxidation sites excluding steroid dienone is 6. The Morgan fingerprint density at radius 2 is 0.878 bits per heavy atom. The number of unbranched alkanes of at least 4 members (excludes halogenated alkanes) is 4. The molecule has 7 nitrogen and oxygen atoms in total. The molecule has 4 atom stereocenters. The Morgan fingerprint density at radius 1 is 0.489 bits per heavy atom. The highest BCUT2D eigenvalue weighted by Gasteiger charge is 2.49. The smallest absolute Gasteiger partial charge is 0.194 e. The lowest BCUT2D eigenvalue weighted by atomic mass is 9.65. The summed E-state index contributed by atoms with van der Waals surface area (Å²) in [6, 6.07) is 20.0. The maximum atomic E-state index is 15.0. The van der Waals surface area contributed by atoms with Gasteiger partial charge in [0.05, 0.1) is 11.5 Å². The van der Waals surface area contributed by atoms with E-state index in [-0.39, 0.29) is 61.6 Å². The van der Waals surface area contributed by atoms with Gasteiger partial charge in [-0.15, -0.1) is 45.3 Å². The molecule has 3 aliphatic carbocycles. The monoisotopic (exact) mass is 1290 g/mol. The molecule has 4 heterocycles. The molecule has 0 amide bonds. The summed E-state index contributed by atoms with van der Waals surface area (Å²) in [5.74, 6) is -3.85. The summed E-state index contributed by atoms with van der Waals surface area (Å²) >= 11 is 6.53. The van der Waals surface area contributed by atoms with Gasteiger partial charge in [-0.05, 0) is 138 Å². The van der Waals surface area contributed by atoms with Crippen LogP contribution in [-0.2, 0) is 11.8 Å². The van der Waals surface area contributed by atoms with Crippen molar-refractivity contribution in [2.24, 2.45) is 23.7 Å². The highest BCUT2D eigenvalue weighted by Crippen LogP contribution is 2.64. The fraction of sp³-hybridized carbons (Fsp3) is 0.440. The van der Waals surface area contributed by atoms with Crippen molar-refractivity contribution in [2.45, 2.75) is 183 Å². The molecule has 3 aliphatic rings. The molecular weight excluding hydrogens is 1210 g/mol. The molecule has 0 bridgehead atoms. The van der Waals surface area contributed by atoms with E-state index < -0.39 is 40.3 Å². The number of carbonyl (C=O) groups excluding carboxylic acids is 2. The van der Waals surface area contributed by atoms with E-state index in [1.165, 1.54) is 32.2 Å². The third kappa shape index (κ3) is 13.5. The topological polar surface area (TPSA) is 139 Å². The van der Waals surface area contributed by atoms with Gasteiger partial charge >= 0.3 is 0 Å². The third-order valence-corrected chi connectivity index (χ3v) is 23.8. The Morgan fingerprint density at radius 3 is 1.30 bits per heavy atom. The minimum Gasteiger partial charge on any atom is -0.492 e. The van der Waals surface area contributed by atoms with Crippen molar-refractivity contribution in [3.8, 4) is 59.3 Å². The van der Waals surface area contributed by atoms with Crippen molar-refractivity contribution in [3.05, 3.63) is 143 Å². The van der Waals surface area contributed by atoms with Crippen LogP contribution in [0.5, 0.6) is 5.75 Å². The minimum absolute atomic E-state index is 0.000256. The standard InChI is InChI=1S/C75H78F4N4O3S4/c1-9-17-21-43(13-5)25-47-26-50(27-56-67(48(38-80)39-81)52-30-60(76)62(78)32-54(52)69(56)84)87-71(47)65-34-58-72(89-65)73-59(75(58,36-44(14-6)22-18-10-2)37-45(15-7)23-19-11-3)35-66(90-73)74-64(86-42-46(16-8)24-20-12-4)29-51(88-74)28-57-68(49(40-82)41-83)53-31-61(77)63(79)33-55(53)70(57)85/h26-35,43-46H,9-25,36-37,42H2,1-8H3/b56-27-,57-28-. The van der Waals surface area contributed by atoms with E-state index >= 15 is 0 Å². The van der Waals surface area contributed by atoms with Crippen LogP contribution in [0.3, 0.4) is 0 Å². The predicted molar refractivity (Wildman–Crippen MR) is 360 cm³/mol. The number of halogens is 4. The Bertz CT molecular complexity index is 3970. The molecule has 0 fully saturated rings. The molecule has 2 aromatic carbocycles. The maximum Gasteiger partial charge on any atom is 0.194 e. The molecule has 4 aromatic heterocycles. The van der Waals surface area contributed by atoms with E-state index in [2.05, 4.69) is 73.6 Å². The molecule has 0 spiro atoms. The van der Waals surface area contributed by atoms with Crippen LogP contribution in [0.15, 0.2) is 70.8 Å². The normalized spacial score (nSPS) is 17.0. The number of hydrogen-bond acceptors (Lipinski definition) is 11. The summed E-state index contributed by atoms with van der Waals surface area (Å²) in [5, 5.41) is 40.8. The lowest BCUT2D eigenvalue weighted by molar-refractivity contribution is 0.103.